The molecule has 4 rings (SSSR count). The SMILES string of the molecule is CCOC(=O)c1oc2nc(-c3ccc(Br)cc3Cl)c(-c3ccc(Cl)cc3)cc2c1C. The first-order valence-corrected chi connectivity index (χ1v) is 10.8. The predicted molar refractivity (Wildman–Crippen MR) is 123 cm³/mol. The topological polar surface area (TPSA) is 52.3 Å². The van der Waals surface area contributed by atoms with Gasteiger partial charge in [-0.1, -0.05) is 57.3 Å². The Morgan fingerprint density at radius 3 is 2.50 bits per heavy atom. The maximum atomic E-state index is 12.3. The minimum Gasteiger partial charge on any atom is -0.460 e. The van der Waals surface area contributed by atoms with E-state index in [0.29, 0.717) is 27.0 Å². The molecule has 0 bridgehead atoms. The molecule has 0 saturated carbocycles. The summed E-state index contributed by atoms with van der Waals surface area (Å²) < 4.78 is 11.8. The number of hydrogen-bond acceptors (Lipinski definition) is 4. The number of benzene rings is 2. The summed E-state index contributed by atoms with van der Waals surface area (Å²) in [7, 11) is 0. The lowest BCUT2D eigenvalue weighted by Gasteiger charge is -2.11. The number of carbonyl (C=O) groups is 1. The van der Waals surface area contributed by atoms with Crippen molar-refractivity contribution >= 4 is 56.2 Å². The fourth-order valence-corrected chi connectivity index (χ4v) is 4.16. The van der Waals surface area contributed by atoms with Gasteiger partial charge in [0, 0.05) is 31.6 Å². The van der Waals surface area contributed by atoms with Gasteiger partial charge >= 0.3 is 5.97 Å². The molecule has 2 aromatic carbocycles. The Morgan fingerprint density at radius 1 is 1.10 bits per heavy atom. The van der Waals surface area contributed by atoms with Crippen LogP contribution in [0.5, 0.6) is 0 Å². The van der Waals surface area contributed by atoms with Gasteiger partial charge in [-0.3, -0.25) is 0 Å². The van der Waals surface area contributed by atoms with Gasteiger partial charge in [0.05, 0.1) is 17.3 Å². The largest absolute Gasteiger partial charge is 0.460 e. The van der Waals surface area contributed by atoms with E-state index in [0.717, 1.165) is 26.5 Å². The number of pyridine rings is 1. The molecule has 2 heterocycles. The van der Waals surface area contributed by atoms with Crippen LogP contribution in [0, 0.1) is 6.92 Å². The van der Waals surface area contributed by atoms with Crippen LogP contribution in [-0.4, -0.2) is 17.6 Å². The van der Waals surface area contributed by atoms with Crippen molar-refractivity contribution in [1.82, 2.24) is 4.98 Å². The van der Waals surface area contributed by atoms with Gasteiger partial charge in [-0.15, -0.1) is 0 Å². The van der Waals surface area contributed by atoms with Crippen molar-refractivity contribution in [2.75, 3.05) is 6.61 Å². The van der Waals surface area contributed by atoms with E-state index < -0.39 is 5.97 Å². The average Bonchev–Trinajstić information content (AvgIpc) is 3.04. The molecule has 152 valence electrons. The van der Waals surface area contributed by atoms with E-state index in [2.05, 4.69) is 15.9 Å². The molecular weight excluding hydrogens is 489 g/mol. The van der Waals surface area contributed by atoms with Gasteiger partial charge in [-0.25, -0.2) is 9.78 Å². The summed E-state index contributed by atoms with van der Waals surface area (Å²) in [5, 5.41) is 1.92. The molecule has 0 aliphatic rings. The summed E-state index contributed by atoms with van der Waals surface area (Å²) in [5.74, 6) is -0.357. The fourth-order valence-electron chi connectivity index (χ4n) is 3.27. The van der Waals surface area contributed by atoms with E-state index in [9.17, 15) is 4.79 Å². The summed E-state index contributed by atoms with van der Waals surface area (Å²) in [5.41, 5.74) is 4.19. The Morgan fingerprint density at radius 2 is 1.83 bits per heavy atom. The molecule has 30 heavy (non-hydrogen) atoms. The fraction of sp³-hybridized carbons (Fsp3) is 0.130. The predicted octanol–water partition coefficient (Wildman–Crippen LogP) is 7.72. The molecule has 0 radical (unpaired) electrons. The number of carbonyl (C=O) groups excluding carboxylic acids is 1. The zero-order valence-electron chi connectivity index (χ0n) is 16.1. The maximum Gasteiger partial charge on any atom is 0.374 e. The molecule has 0 fully saturated rings. The third kappa shape index (κ3) is 3.85. The number of hydrogen-bond donors (Lipinski definition) is 0. The number of halogens is 3. The van der Waals surface area contributed by atoms with Crippen molar-refractivity contribution in [2.24, 2.45) is 0 Å². The summed E-state index contributed by atoms with van der Waals surface area (Å²) in [4.78, 5) is 17.0. The van der Waals surface area contributed by atoms with Gasteiger partial charge in [-0.05, 0) is 49.7 Å². The third-order valence-electron chi connectivity index (χ3n) is 4.73. The highest BCUT2D eigenvalue weighted by molar-refractivity contribution is 9.10. The molecule has 7 heteroatoms. The highest BCUT2D eigenvalue weighted by Gasteiger charge is 2.23. The molecule has 2 aromatic heterocycles. The van der Waals surface area contributed by atoms with Crippen LogP contribution in [0.15, 0.2) is 57.4 Å². The van der Waals surface area contributed by atoms with E-state index >= 15 is 0 Å². The van der Waals surface area contributed by atoms with E-state index in [-0.39, 0.29) is 12.4 Å². The van der Waals surface area contributed by atoms with E-state index in [1.807, 2.05) is 55.5 Å². The molecule has 0 amide bonds. The van der Waals surface area contributed by atoms with Crippen molar-refractivity contribution in [2.45, 2.75) is 13.8 Å². The van der Waals surface area contributed by atoms with Crippen LogP contribution in [-0.2, 0) is 4.74 Å². The summed E-state index contributed by atoms with van der Waals surface area (Å²) >= 11 is 16.0. The van der Waals surface area contributed by atoms with Gasteiger partial charge in [0.2, 0.25) is 11.5 Å². The number of fused-ring (bicyclic) bond motifs is 1. The Hall–Kier alpha value is -2.34. The summed E-state index contributed by atoms with van der Waals surface area (Å²) in [6.45, 7) is 3.83. The number of rotatable bonds is 4. The Kier molecular flexibility index (Phi) is 5.87. The number of ether oxygens (including phenoxy) is 1. The van der Waals surface area contributed by atoms with Gasteiger partial charge in [0.25, 0.3) is 0 Å². The molecular formula is C23H16BrCl2NO3. The smallest absolute Gasteiger partial charge is 0.374 e. The van der Waals surface area contributed by atoms with Crippen LogP contribution < -0.4 is 0 Å². The van der Waals surface area contributed by atoms with Crippen LogP contribution in [0.2, 0.25) is 10.0 Å². The van der Waals surface area contributed by atoms with Gasteiger partial charge in [0.1, 0.15) is 0 Å². The first-order valence-electron chi connectivity index (χ1n) is 9.21. The quantitative estimate of drug-likeness (QED) is 0.267. The molecule has 0 N–H and O–H groups in total. The standard InChI is InChI=1S/C23H16BrCl2NO3/c1-3-29-23(28)21-12(2)17-11-18(13-4-7-15(25)8-5-13)20(27-22(17)30-21)16-9-6-14(24)10-19(16)26/h4-11H,3H2,1-2H3. The Bertz CT molecular complexity index is 1270. The van der Waals surface area contributed by atoms with Crippen molar-refractivity contribution in [3.05, 3.63) is 74.4 Å². The van der Waals surface area contributed by atoms with Crippen LogP contribution in [0.4, 0.5) is 0 Å². The van der Waals surface area contributed by atoms with Gasteiger partial charge in [0.15, 0.2) is 0 Å². The maximum absolute atomic E-state index is 12.3. The number of aryl methyl sites for hydroxylation is 1. The van der Waals surface area contributed by atoms with Crippen LogP contribution in [0.3, 0.4) is 0 Å². The van der Waals surface area contributed by atoms with E-state index in [1.54, 1.807) is 6.92 Å². The first-order chi connectivity index (χ1) is 14.4. The van der Waals surface area contributed by atoms with Crippen LogP contribution in [0.1, 0.15) is 23.0 Å². The number of furan rings is 1. The molecule has 0 spiro atoms. The molecule has 4 aromatic rings. The lowest BCUT2D eigenvalue weighted by Crippen LogP contribution is -2.04. The zero-order chi connectivity index (χ0) is 21.4. The second kappa shape index (κ2) is 8.42. The second-order valence-corrected chi connectivity index (χ2v) is 8.40. The van der Waals surface area contributed by atoms with E-state index in [1.165, 1.54) is 0 Å². The third-order valence-corrected chi connectivity index (χ3v) is 5.79. The van der Waals surface area contributed by atoms with Gasteiger partial charge in [-0.2, -0.15) is 0 Å². The van der Waals surface area contributed by atoms with Gasteiger partial charge < -0.3 is 9.15 Å². The lowest BCUT2D eigenvalue weighted by molar-refractivity contribution is 0.0491. The van der Waals surface area contributed by atoms with Crippen LogP contribution >= 0.6 is 39.1 Å². The monoisotopic (exact) mass is 503 g/mol. The zero-order valence-corrected chi connectivity index (χ0v) is 19.2. The number of aromatic nitrogens is 1. The first kappa shape index (κ1) is 20.9. The van der Waals surface area contributed by atoms with Crippen molar-refractivity contribution in [3.8, 4) is 22.4 Å². The number of esters is 1. The van der Waals surface area contributed by atoms with Crippen molar-refractivity contribution in [3.63, 3.8) is 0 Å². The van der Waals surface area contributed by atoms with Crippen molar-refractivity contribution < 1.29 is 13.9 Å². The molecule has 0 atom stereocenters. The van der Waals surface area contributed by atoms with E-state index in [4.69, 9.17) is 37.3 Å². The lowest BCUT2D eigenvalue weighted by atomic mass is 9.97. The Labute approximate surface area is 191 Å². The minimum atomic E-state index is -0.510. The average molecular weight is 505 g/mol. The molecule has 0 saturated heterocycles. The normalized spacial score (nSPS) is 11.1. The second-order valence-electron chi connectivity index (χ2n) is 6.64. The minimum absolute atomic E-state index is 0.153. The summed E-state index contributed by atoms with van der Waals surface area (Å²) in [6.07, 6.45) is 0. The summed E-state index contributed by atoms with van der Waals surface area (Å²) in [6, 6.07) is 15.0. The molecule has 0 aliphatic heterocycles. The highest BCUT2D eigenvalue weighted by Crippen LogP contribution is 2.39. The Balaban J connectivity index is 2.01. The van der Waals surface area contributed by atoms with Crippen molar-refractivity contribution in [1.29, 1.82) is 0 Å². The molecule has 4 nitrogen and oxygen atoms in total. The molecule has 0 unspecified atom stereocenters. The van der Waals surface area contributed by atoms with Crippen LogP contribution in [0.25, 0.3) is 33.5 Å². The number of nitrogens with zero attached hydrogens (tertiary/aromatic N) is 1. The molecule has 0 aliphatic carbocycles. The highest BCUT2D eigenvalue weighted by atomic mass is 79.9.